The highest BCUT2D eigenvalue weighted by Gasteiger charge is 2.33. The van der Waals surface area contributed by atoms with Gasteiger partial charge in [-0.05, 0) is 29.8 Å². The number of nitrogens with two attached hydrogens (primary N) is 1. The summed E-state index contributed by atoms with van der Waals surface area (Å²) in [6, 6.07) is 4.50. The van der Waals surface area contributed by atoms with Crippen molar-refractivity contribution in [3.05, 3.63) is 59.3 Å². The molecule has 2 N–H and O–H groups in total. The standard InChI is InChI=1S/C18H14F6N4O/c1-27-14-6-12(18(22,23)24)7-15(13(14)8-26-27)28(16(25)29)9-10-2-4-11(5-3-10)17(19,20)21/h2-8H,9H2,1H3,(H2,25,29). The molecule has 0 bridgehead atoms. The number of halogens is 6. The number of hydrogen-bond donors (Lipinski definition) is 1. The van der Waals surface area contributed by atoms with Crippen LogP contribution in [-0.2, 0) is 25.9 Å². The molecule has 1 heterocycles. The van der Waals surface area contributed by atoms with E-state index in [0.717, 1.165) is 41.3 Å². The van der Waals surface area contributed by atoms with Crippen LogP contribution in [0.5, 0.6) is 0 Å². The van der Waals surface area contributed by atoms with E-state index in [1.165, 1.54) is 17.9 Å². The molecule has 0 aliphatic carbocycles. The molecule has 0 saturated carbocycles. The van der Waals surface area contributed by atoms with Gasteiger partial charge in [0.2, 0.25) is 0 Å². The molecule has 0 aliphatic heterocycles. The van der Waals surface area contributed by atoms with Gasteiger partial charge < -0.3 is 5.73 Å². The summed E-state index contributed by atoms with van der Waals surface area (Å²) in [5.74, 6) is 0. The Balaban J connectivity index is 2.08. The number of urea groups is 1. The lowest BCUT2D eigenvalue weighted by molar-refractivity contribution is -0.138. The van der Waals surface area contributed by atoms with Crippen molar-refractivity contribution >= 4 is 22.6 Å². The first-order valence-corrected chi connectivity index (χ1v) is 8.14. The average Bonchev–Trinajstić information content (AvgIpc) is 2.99. The zero-order chi connectivity index (χ0) is 21.6. The Bertz CT molecular complexity index is 1050. The molecule has 5 nitrogen and oxygen atoms in total. The van der Waals surface area contributed by atoms with Gasteiger partial charge in [-0.3, -0.25) is 9.58 Å². The Hall–Kier alpha value is -3.24. The highest BCUT2D eigenvalue weighted by molar-refractivity contribution is 6.02. The maximum atomic E-state index is 13.3. The van der Waals surface area contributed by atoms with Crippen molar-refractivity contribution in [1.29, 1.82) is 0 Å². The Morgan fingerprint density at radius 3 is 2.14 bits per heavy atom. The predicted molar refractivity (Wildman–Crippen MR) is 92.9 cm³/mol. The fourth-order valence-corrected chi connectivity index (χ4v) is 2.88. The van der Waals surface area contributed by atoms with Gasteiger partial charge in [-0.2, -0.15) is 31.4 Å². The van der Waals surface area contributed by atoms with E-state index in [1.807, 2.05) is 0 Å². The first-order valence-electron chi connectivity index (χ1n) is 8.14. The van der Waals surface area contributed by atoms with Crippen molar-refractivity contribution in [2.24, 2.45) is 12.8 Å². The van der Waals surface area contributed by atoms with Crippen molar-refractivity contribution in [2.45, 2.75) is 18.9 Å². The summed E-state index contributed by atoms with van der Waals surface area (Å²) in [5, 5.41) is 4.15. The molecular formula is C18H14F6N4O. The van der Waals surface area contributed by atoms with E-state index in [1.54, 1.807) is 0 Å². The summed E-state index contributed by atoms with van der Waals surface area (Å²) >= 11 is 0. The average molecular weight is 416 g/mol. The van der Waals surface area contributed by atoms with E-state index in [9.17, 15) is 31.1 Å². The minimum Gasteiger partial charge on any atom is -0.351 e. The molecule has 2 aromatic carbocycles. The van der Waals surface area contributed by atoms with Crippen LogP contribution in [0.4, 0.5) is 36.8 Å². The molecule has 2 amide bonds. The number of carbonyl (C=O) groups is 1. The van der Waals surface area contributed by atoms with Crippen LogP contribution in [0.1, 0.15) is 16.7 Å². The second kappa shape index (κ2) is 6.98. The molecule has 0 radical (unpaired) electrons. The number of aromatic nitrogens is 2. The van der Waals surface area contributed by atoms with Crippen LogP contribution >= 0.6 is 0 Å². The summed E-state index contributed by atoms with van der Waals surface area (Å²) in [5.41, 5.74) is 3.70. The molecule has 11 heteroatoms. The van der Waals surface area contributed by atoms with Crippen molar-refractivity contribution in [3.63, 3.8) is 0 Å². The zero-order valence-electron chi connectivity index (χ0n) is 14.8. The Morgan fingerprint density at radius 2 is 1.62 bits per heavy atom. The van der Waals surface area contributed by atoms with Crippen molar-refractivity contribution < 1.29 is 31.1 Å². The van der Waals surface area contributed by atoms with Crippen LogP contribution in [0.15, 0.2) is 42.6 Å². The summed E-state index contributed by atoms with van der Waals surface area (Å²) in [4.78, 5) is 12.9. The van der Waals surface area contributed by atoms with Crippen molar-refractivity contribution in [2.75, 3.05) is 4.90 Å². The molecule has 0 saturated heterocycles. The highest BCUT2D eigenvalue weighted by Crippen LogP contribution is 2.37. The van der Waals surface area contributed by atoms with E-state index in [-0.39, 0.29) is 28.7 Å². The molecular weight excluding hydrogens is 402 g/mol. The topological polar surface area (TPSA) is 64.2 Å². The summed E-state index contributed by atoms with van der Waals surface area (Å²) < 4.78 is 79.3. The fourth-order valence-electron chi connectivity index (χ4n) is 2.88. The van der Waals surface area contributed by atoms with Crippen molar-refractivity contribution in [3.8, 4) is 0 Å². The van der Waals surface area contributed by atoms with Crippen LogP contribution in [0, 0.1) is 0 Å². The Labute approximate surface area is 160 Å². The molecule has 0 spiro atoms. The number of amides is 2. The van der Waals surface area contributed by atoms with Crippen LogP contribution in [-0.4, -0.2) is 15.8 Å². The lowest BCUT2D eigenvalue weighted by Crippen LogP contribution is -2.35. The van der Waals surface area contributed by atoms with Gasteiger partial charge in [0.05, 0.1) is 35.1 Å². The van der Waals surface area contributed by atoms with Gasteiger partial charge in [0, 0.05) is 12.4 Å². The maximum absolute atomic E-state index is 13.3. The van der Waals surface area contributed by atoms with E-state index in [4.69, 9.17) is 5.73 Å². The van der Waals surface area contributed by atoms with Crippen molar-refractivity contribution in [1.82, 2.24) is 9.78 Å². The third kappa shape index (κ3) is 4.13. The van der Waals surface area contributed by atoms with E-state index in [2.05, 4.69) is 5.10 Å². The number of anilines is 1. The highest BCUT2D eigenvalue weighted by atomic mass is 19.4. The van der Waals surface area contributed by atoms with Gasteiger partial charge in [0.25, 0.3) is 0 Å². The number of primary amides is 1. The van der Waals surface area contributed by atoms with Gasteiger partial charge in [0.15, 0.2) is 0 Å². The quantitative estimate of drug-likeness (QED) is 0.630. The SMILES string of the molecule is Cn1ncc2c(N(Cc3ccc(C(F)(F)F)cc3)C(N)=O)cc(C(F)(F)F)cc21. The molecule has 1 aromatic heterocycles. The summed E-state index contributed by atoms with van der Waals surface area (Å²) in [6.07, 6.45) is -7.94. The minimum atomic E-state index is -4.69. The third-order valence-electron chi connectivity index (χ3n) is 4.35. The predicted octanol–water partition coefficient (Wildman–Crippen LogP) is 4.70. The second-order valence-electron chi connectivity index (χ2n) is 6.31. The number of benzene rings is 2. The monoisotopic (exact) mass is 416 g/mol. The lowest BCUT2D eigenvalue weighted by Gasteiger charge is -2.23. The maximum Gasteiger partial charge on any atom is 0.416 e. The smallest absolute Gasteiger partial charge is 0.351 e. The number of fused-ring (bicyclic) bond motifs is 1. The minimum absolute atomic E-state index is 0.119. The molecule has 0 atom stereocenters. The lowest BCUT2D eigenvalue weighted by atomic mass is 10.1. The van der Waals surface area contributed by atoms with Gasteiger partial charge in [-0.15, -0.1) is 0 Å². The first-order chi connectivity index (χ1) is 13.4. The number of carbonyl (C=O) groups excluding carboxylic acids is 1. The van der Waals surface area contributed by atoms with E-state index < -0.39 is 29.5 Å². The van der Waals surface area contributed by atoms with Crippen LogP contribution in [0.2, 0.25) is 0 Å². The normalized spacial score (nSPS) is 12.4. The molecule has 29 heavy (non-hydrogen) atoms. The number of alkyl halides is 6. The first kappa shape index (κ1) is 20.5. The second-order valence-corrected chi connectivity index (χ2v) is 6.31. The number of nitrogens with zero attached hydrogens (tertiary/aromatic N) is 3. The summed E-state index contributed by atoms with van der Waals surface area (Å²) in [6.45, 7) is -0.321. The molecule has 154 valence electrons. The fraction of sp³-hybridized carbons (Fsp3) is 0.222. The third-order valence-corrected chi connectivity index (χ3v) is 4.35. The van der Waals surface area contributed by atoms with Gasteiger partial charge in [0.1, 0.15) is 0 Å². The largest absolute Gasteiger partial charge is 0.416 e. The van der Waals surface area contributed by atoms with E-state index >= 15 is 0 Å². The Morgan fingerprint density at radius 1 is 1.03 bits per heavy atom. The van der Waals surface area contributed by atoms with Crippen LogP contribution < -0.4 is 10.6 Å². The Kier molecular flexibility index (Phi) is 4.93. The molecule has 3 rings (SSSR count). The molecule has 0 aliphatic rings. The van der Waals surface area contributed by atoms with Gasteiger partial charge in [-0.25, -0.2) is 4.79 Å². The summed E-state index contributed by atoms with van der Waals surface area (Å²) in [7, 11) is 1.44. The zero-order valence-corrected chi connectivity index (χ0v) is 14.8. The molecule has 0 unspecified atom stereocenters. The number of hydrogen-bond acceptors (Lipinski definition) is 2. The number of aryl methyl sites for hydroxylation is 1. The van der Waals surface area contributed by atoms with Gasteiger partial charge in [-0.1, -0.05) is 12.1 Å². The van der Waals surface area contributed by atoms with Gasteiger partial charge >= 0.3 is 18.4 Å². The number of rotatable bonds is 3. The van der Waals surface area contributed by atoms with E-state index in [0.29, 0.717) is 0 Å². The molecule has 0 fully saturated rings. The van der Waals surface area contributed by atoms with Crippen LogP contribution in [0.25, 0.3) is 10.9 Å². The van der Waals surface area contributed by atoms with Crippen LogP contribution in [0.3, 0.4) is 0 Å². The molecule has 3 aromatic rings.